The maximum atomic E-state index is 14.5. The van der Waals surface area contributed by atoms with Crippen LogP contribution in [-0.2, 0) is 10.0 Å². The standard InChI is InChI=1S/C18H20F2N2O3S/c1-12-10-14(19)5-7-15(12)16-6-4-13(11-17(16)20)18(23)22(2)9-8-21-26(3,24)25/h4-7,10-11,21H,8-9H2,1-3H3. The van der Waals surface area contributed by atoms with Crippen LogP contribution in [0.3, 0.4) is 0 Å². The van der Waals surface area contributed by atoms with Crippen LogP contribution in [0.25, 0.3) is 11.1 Å². The van der Waals surface area contributed by atoms with Crippen LogP contribution in [0.15, 0.2) is 36.4 Å². The monoisotopic (exact) mass is 382 g/mol. The minimum absolute atomic E-state index is 0.0659. The van der Waals surface area contributed by atoms with Gasteiger partial charge in [-0.3, -0.25) is 4.79 Å². The van der Waals surface area contributed by atoms with E-state index in [2.05, 4.69) is 4.72 Å². The predicted octanol–water partition coefficient (Wildman–Crippen LogP) is 2.56. The van der Waals surface area contributed by atoms with Crippen LogP contribution in [0.4, 0.5) is 8.78 Å². The molecule has 0 atom stereocenters. The van der Waals surface area contributed by atoms with Gasteiger partial charge in [0, 0.05) is 31.3 Å². The van der Waals surface area contributed by atoms with Gasteiger partial charge < -0.3 is 4.90 Å². The first kappa shape index (κ1) is 20.0. The molecule has 0 spiro atoms. The third kappa shape index (κ3) is 5.09. The summed E-state index contributed by atoms with van der Waals surface area (Å²) in [7, 11) is -1.83. The first-order valence-corrected chi connectivity index (χ1v) is 9.74. The van der Waals surface area contributed by atoms with E-state index in [4.69, 9.17) is 0 Å². The molecule has 0 fully saturated rings. The van der Waals surface area contributed by atoms with E-state index in [1.165, 1.54) is 42.3 Å². The van der Waals surface area contributed by atoms with Crippen molar-refractivity contribution < 1.29 is 22.0 Å². The Kier molecular flexibility index (Phi) is 6.09. The van der Waals surface area contributed by atoms with Gasteiger partial charge in [-0.15, -0.1) is 0 Å². The van der Waals surface area contributed by atoms with Crippen molar-refractivity contribution in [2.45, 2.75) is 6.92 Å². The molecule has 0 aliphatic rings. The second-order valence-corrected chi connectivity index (χ2v) is 7.88. The number of carbonyl (C=O) groups excluding carboxylic acids is 1. The number of carbonyl (C=O) groups is 1. The zero-order valence-corrected chi connectivity index (χ0v) is 15.5. The molecule has 26 heavy (non-hydrogen) atoms. The summed E-state index contributed by atoms with van der Waals surface area (Å²) in [5.41, 5.74) is 1.56. The Morgan fingerprint density at radius 1 is 1.12 bits per heavy atom. The molecule has 0 saturated carbocycles. The van der Waals surface area contributed by atoms with Crippen molar-refractivity contribution in [1.82, 2.24) is 9.62 Å². The molecule has 0 saturated heterocycles. The highest BCUT2D eigenvalue weighted by Crippen LogP contribution is 2.27. The van der Waals surface area contributed by atoms with Crippen LogP contribution in [0.1, 0.15) is 15.9 Å². The van der Waals surface area contributed by atoms with E-state index in [0.717, 1.165) is 12.3 Å². The molecule has 2 rings (SSSR count). The molecule has 0 radical (unpaired) electrons. The molecule has 1 amide bonds. The van der Waals surface area contributed by atoms with Crippen LogP contribution in [0.5, 0.6) is 0 Å². The van der Waals surface area contributed by atoms with Gasteiger partial charge >= 0.3 is 0 Å². The van der Waals surface area contributed by atoms with E-state index in [9.17, 15) is 22.0 Å². The number of halogens is 2. The number of rotatable bonds is 6. The molecule has 0 bridgehead atoms. The number of benzene rings is 2. The summed E-state index contributed by atoms with van der Waals surface area (Å²) in [5.74, 6) is -1.42. The smallest absolute Gasteiger partial charge is 0.253 e. The molecule has 140 valence electrons. The Balaban J connectivity index is 2.16. The minimum Gasteiger partial charge on any atom is -0.340 e. The van der Waals surface area contributed by atoms with E-state index in [-0.39, 0.29) is 24.2 Å². The van der Waals surface area contributed by atoms with E-state index in [1.807, 2.05) is 0 Å². The lowest BCUT2D eigenvalue weighted by Crippen LogP contribution is -2.35. The summed E-state index contributed by atoms with van der Waals surface area (Å²) < 4.78 is 52.0. The summed E-state index contributed by atoms with van der Waals surface area (Å²) >= 11 is 0. The van der Waals surface area contributed by atoms with Gasteiger partial charge in [-0.05, 0) is 42.3 Å². The summed E-state index contributed by atoms with van der Waals surface area (Å²) in [6, 6.07) is 8.16. The van der Waals surface area contributed by atoms with Gasteiger partial charge in [0.05, 0.1) is 6.26 Å². The number of likely N-dealkylation sites (N-methyl/N-ethyl adjacent to an activating group) is 1. The van der Waals surface area contributed by atoms with Crippen molar-refractivity contribution in [3.63, 3.8) is 0 Å². The molecular weight excluding hydrogens is 362 g/mol. The SMILES string of the molecule is Cc1cc(F)ccc1-c1ccc(C(=O)N(C)CCNS(C)(=O)=O)cc1F. The molecule has 0 unspecified atom stereocenters. The molecular formula is C18H20F2N2O3S. The Labute approximate surface area is 151 Å². The van der Waals surface area contributed by atoms with E-state index in [1.54, 1.807) is 6.92 Å². The Morgan fingerprint density at radius 2 is 1.77 bits per heavy atom. The van der Waals surface area contributed by atoms with Gasteiger partial charge in [-0.1, -0.05) is 12.1 Å². The minimum atomic E-state index is -3.33. The molecule has 0 aliphatic carbocycles. The first-order chi connectivity index (χ1) is 12.1. The van der Waals surface area contributed by atoms with Gasteiger partial charge in [-0.25, -0.2) is 21.9 Å². The number of amides is 1. The summed E-state index contributed by atoms with van der Waals surface area (Å²) in [6.45, 7) is 1.89. The normalized spacial score (nSPS) is 11.4. The van der Waals surface area contributed by atoms with Crippen molar-refractivity contribution in [2.75, 3.05) is 26.4 Å². The third-order valence-electron chi connectivity index (χ3n) is 3.85. The fourth-order valence-corrected chi connectivity index (χ4v) is 2.98. The maximum absolute atomic E-state index is 14.5. The number of sulfonamides is 1. The average molecular weight is 382 g/mol. The molecule has 8 heteroatoms. The van der Waals surface area contributed by atoms with E-state index in [0.29, 0.717) is 11.1 Å². The number of hydrogen-bond donors (Lipinski definition) is 1. The highest BCUT2D eigenvalue weighted by atomic mass is 32.2. The number of hydrogen-bond acceptors (Lipinski definition) is 3. The van der Waals surface area contributed by atoms with Crippen LogP contribution in [-0.4, -0.2) is 45.6 Å². The van der Waals surface area contributed by atoms with Gasteiger partial charge in [0.1, 0.15) is 11.6 Å². The van der Waals surface area contributed by atoms with Crippen molar-refractivity contribution in [1.29, 1.82) is 0 Å². The number of nitrogens with zero attached hydrogens (tertiary/aromatic N) is 1. The third-order valence-corrected chi connectivity index (χ3v) is 4.58. The van der Waals surface area contributed by atoms with Crippen LogP contribution in [0.2, 0.25) is 0 Å². The van der Waals surface area contributed by atoms with Crippen LogP contribution in [0, 0.1) is 18.6 Å². The summed E-state index contributed by atoms with van der Waals surface area (Å²) in [6.07, 6.45) is 1.03. The number of nitrogens with one attached hydrogen (secondary N) is 1. The first-order valence-electron chi connectivity index (χ1n) is 7.84. The Bertz CT molecular complexity index is 930. The maximum Gasteiger partial charge on any atom is 0.253 e. The van der Waals surface area contributed by atoms with Crippen LogP contribution >= 0.6 is 0 Å². The van der Waals surface area contributed by atoms with Gasteiger partial charge in [0.2, 0.25) is 10.0 Å². The zero-order chi connectivity index (χ0) is 19.5. The van der Waals surface area contributed by atoms with Gasteiger partial charge in [0.25, 0.3) is 5.91 Å². The molecule has 2 aromatic rings. The topological polar surface area (TPSA) is 66.5 Å². The molecule has 0 aromatic heterocycles. The highest BCUT2D eigenvalue weighted by Gasteiger charge is 2.16. The van der Waals surface area contributed by atoms with Gasteiger partial charge in [0.15, 0.2) is 0 Å². The lowest BCUT2D eigenvalue weighted by Gasteiger charge is -2.18. The largest absolute Gasteiger partial charge is 0.340 e. The highest BCUT2D eigenvalue weighted by molar-refractivity contribution is 7.88. The fourth-order valence-electron chi connectivity index (χ4n) is 2.52. The Hall–Kier alpha value is -2.32. The fraction of sp³-hybridized carbons (Fsp3) is 0.278. The molecule has 0 aliphatic heterocycles. The second-order valence-electron chi connectivity index (χ2n) is 6.05. The quantitative estimate of drug-likeness (QED) is 0.835. The molecule has 5 nitrogen and oxygen atoms in total. The number of aryl methyl sites for hydroxylation is 1. The van der Waals surface area contributed by atoms with E-state index < -0.39 is 27.6 Å². The van der Waals surface area contributed by atoms with Crippen molar-refractivity contribution >= 4 is 15.9 Å². The van der Waals surface area contributed by atoms with Gasteiger partial charge in [-0.2, -0.15) is 0 Å². The lowest BCUT2D eigenvalue weighted by atomic mass is 9.98. The lowest BCUT2D eigenvalue weighted by molar-refractivity contribution is 0.0797. The average Bonchev–Trinajstić information content (AvgIpc) is 2.53. The summed E-state index contributed by atoms with van der Waals surface area (Å²) in [5, 5.41) is 0. The summed E-state index contributed by atoms with van der Waals surface area (Å²) in [4.78, 5) is 13.6. The van der Waals surface area contributed by atoms with Crippen LogP contribution < -0.4 is 4.72 Å². The van der Waals surface area contributed by atoms with Crippen molar-refractivity contribution in [2.24, 2.45) is 0 Å². The van der Waals surface area contributed by atoms with Crippen molar-refractivity contribution in [3.8, 4) is 11.1 Å². The predicted molar refractivity (Wildman–Crippen MR) is 96.3 cm³/mol. The van der Waals surface area contributed by atoms with Crippen molar-refractivity contribution in [3.05, 3.63) is 59.2 Å². The van der Waals surface area contributed by atoms with E-state index >= 15 is 0 Å². The molecule has 0 heterocycles. The molecule has 2 aromatic carbocycles. The molecule has 1 N–H and O–H groups in total. The second kappa shape index (κ2) is 7.92. The Morgan fingerprint density at radius 3 is 2.35 bits per heavy atom. The zero-order valence-electron chi connectivity index (χ0n) is 14.7.